The summed E-state index contributed by atoms with van der Waals surface area (Å²) in [6.45, 7) is 1.26. The van der Waals surface area contributed by atoms with E-state index in [1.165, 1.54) is 6.92 Å². The highest BCUT2D eigenvalue weighted by atomic mass is 32.1. The Balaban J connectivity index is 2.28. The molecule has 202 valence electrons. The van der Waals surface area contributed by atoms with E-state index >= 15 is 0 Å². The number of carbonyl (C=O) groups is 5. The largest absolute Gasteiger partial charge is 0.370 e. The summed E-state index contributed by atoms with van der Waals surface area (Å²) in [6.07, 6.45) is 0.665. The second kappa shape index (κ2) is 14.7. The van der Waals surface area contributed by atoms with E-state index in [0.29, 0.717) is 6.42 Å². The van der Waals surface area contributed by atoms with Crippen LogP contribution in [0.15, 0.2) is 35.3 Å². The molecule has 0 radical (unpaired) electrons. The molecule has 1 heterocycles. The van der Waals surface area contributed by atoms with Gasteiger partial charge in [-0.3, -0.25) is 29.0 Å². The minimum Gasteiger partial charge on any atom is -0.370 e. The Bertz CT molecular complexity index is 1000. The molecule has 2 rings (SSSR count). The van der Waals surface area contributed by atoms with E-state index in [2.05, 4.69) is 44.2 Å². The molecule has 5 amide bonds. The zero-order valence-electron chi connectivity index (χ0n) is 20.5. The third-order valence-corrected chi connectivity index (χ3v) is 5.87. The summed E-state index contributed by atoms with van der Waals surface area (Å²) in [5.74, 6) is -3.28. The predicted octanol–water partition coefficient (Wildman–Crippen LogP) is -2.70. The Morgan fingerprint density at radius 2 is 1.51 bits per heavy atom. The highest BCUT2D eigenvalue weighted by Crippen LogP contribution is 2.06. The molecule has 14 heteroatoms. The quantitative estimate of drug-likeness (QED) is 0.0802. The Hall–Kier alpha value is -3.81. The lowest BCUT2D eigenvalue weighted by Gasteiger charge is -2.24. The molecule has 0 spiro atoms. The first-order valence-electron chi connectivity index (χ1n) is 11.8. The van der Waals surface area contributed by atoms with Crippen LogP contribution in [0.25, 0.3) is 0 Å². The van der Waals surface area contributed by atoms with Gasteiger partial charge in [-0.1, -0.05) is 30.3 Å². The number of hydrogen-bond acceptors (Lipinski definition) is 7. The first-order valence-corrected chi connectivity index (χ1v) is 12.4. The number of carbonyl (C=O) groups excluding carboxylic acids is 5. The molecule has 1 aromatic rings. The number of aliphatic imine (C=N–C) groups is 1. The number of benzene rings is 1. The van der Waals surface area contributed by atoms with E-state index in [1.807, 2.05) is 6.07 Å². The second-order valence-corrected chi connectivity index (χ2v) is 8.88. The van der Waals surface area contributed by atoms with Crippen molar-refractivity contribution < 1.29 is 24.0 Å². The molecule has 1 saturated heterocycles. The standard InChI is InChI=1S/C23H34N8O5S/c1-13-19(33)30-16(10-14-6-3-2-4-7-14)21(35)31-17(12-37)22(36)29-15(8-5-9-26-23(24)25)20(34)27-11-18(32)28-13/h2-4,6-7,13,15-17,37H,5,8-12H2,1H3,(H,27,34)(H,28,32)(H,29,36)(H,30,33)(H,31,35)(H4,24,25,26)/t13-,15-,16+,17-/m0/s1. The zero-order valence-corrected chi connectivity index (χ0v) is 21.4. The molecular formula is C23H34N8O5S. The van der Waals surface area contributed by atoms with Crippen LogP contribution in [0.1, 0.15) is 25.3 Å². The summed E-state index contributed by atoms with van der Waals surface area (Å²) in [6, 6.07) is 4.86. The van der Waals surface area contributed by atoms with Crippen LogP contribution in [0.2, 0.25) is 0 Å². The maximum atomic E-state index is 13.2. The summed E-state index contributed by atoms with van der Waals surface area (Å²) in [5, 5.41) is 12.8. The monoisotopic (exact) mass is 534 g/mol. The third kappa shape index (κ3) is 9.99. The first-order chi connectivity index (χ1) is 17.6. The van der Waals surface area contributed by atoms with E-state index in [1.54, 1.807) is 24.3 Å². The van der Waals surface area contributed by atoms with Gasteiger partial charge in [-0.05, 0) is 25.3 Å². The predicted molar refractivity (Wildman–Crippen MR) is 140 cm³/mol. The van der Waals surface area contributed by atoms with Gasteiger partial charge in [0.1, 0.15) is 24.2 Å². The van der Waals surface area contributed by atoms with Crippen molar-refractivity contribution in [2.45, 2.75) is 50.4 Å². The Kier molecular flexibility index (Phi) is 11.7. The Labute approximate surface area is 220 Å². The number of hydrogen-bond donors (Lipinski definition) is 8. The number of nitrogens with two attached hydrogens (primary N) is 2. The van der Waals surface area contributed by atoms with E-state index in [0.717, 1.165) is 5.56 Å². The summed E-state index contributed by atoms with van der Waals surface area (Å²) in [5.41, 5.74) is 11.4. The molecule has 1 aromatic carbocycles. The molecule has 0 aromatic heterocycles. The van der Waals surface area contributed by atoms with Gasteiger partial charge in [-0.25, -0.2) is 0 Å². The molecule has 1 aliphatic rings. The van der Waals surface area contributed by atoms with Crippen molar-refractivity contribution in [1.29, 1.82) is 0 Å². The van der Waals surface area contributed by atoms with Crippen molar-refractivity contribution in [2.24, 2.45) is 16.5 Å². The number of amides is 5. The van der Waals surface area contributed by atoms with Crippen molar-refractivity contribution in [1.82, 2.24) is 26.6 Å². The average molecular weight is 535 g/mol. The number of nitrogens with zero attached hydrogens (tertiary/aromatic N) is 1. The van der Waals surface area contributed by atoms with Crippen molar-refractivity contribution in [3.8, 4) is 0 Å². The van der Waals surface area contributed by atoms with Gasteiger partial charge in [-0.2, -0.15) is 12.6 Å². The summed E-state index contributed by atoms with van der Waals surface area (Å²) < 4.78 is 0. The van der Waals surface area contributed by atoms with Crippen LogP contribution in [0.5, 0.6) is 0 Å². The Morgan fingerprint density at radius 1 is 0.892 bits per heavy atom. The lowest BCUT2D eigenvalue weighted by molar-refractivity contribution is -0.133. The summed E-state index contributed by atoms with van der Waals surface area (Å²) in [7, 11) is 0. The molecule has 1 aliphatic heterocycles. The fraction of sp³-hybridized carbons (Fsp3) is 0.478. The van der Waals surface area contributed by atoms with Crippen LogP contribution in [0.3, 0.4) is 0 Å². The number of nitrogens with one attached hydrogen (secondary N) is 5. The second-order valence-electron chi connectivity index (χ2n) is 8.51. The maximum absolute atomic E-state index is 13.2. The normalized spacial score (nSPS) is 23.8. The van der Waals surface area contributed by atoms with E-state index in [-0.39, 0.29) is 31.1 Å². The lowest BCUT2D eigenvalue weighted by atomic mass is 10.0. The number of guanidine groups is 1. The molecule has 4 atom stereocenters. The minimum absolute atomic E-state index is 0.0671. The SMILES string of the molecule is C[C@@H]1NC(=O)CNC(=O)[C@H](CCCN=C(N)N)NC(=O)[C@H](CS)NC(=O)[C@@H](Cc2ccccc2)NC1=O. The lowest BCUT2D eigenvalue weighted by Crippen LogP contribution is -2.58. The van der Waals surface area contributed by atoms with Gasteiger partial charge in [0.2, 0.25) is 29.5 Å². The average Bonchev–Trinajstić information content (AvgIpc) is 2.86. The molecule has 0 saturated carbocycles. The van der Waals surface area contributed by atoms with Crippen LogP contribution in [0.4, 0.5) is 0 Å². The van der Waals surface area contributed by atoms with Crippen molar-refractivity contribution >= 4 is 48.1 Å². The molecule has 13 nitrogen and oxygen atoms in total. The van der Waals surface area contributed by atoms with Gasteiger partial charge in [0.05, 0.1) is 6.54 Å². The van der Waals surface area contributed by atoms with Gasteiger partial charge in [0.15, 0.2) is 5.96 Å². The zero-order chi connectivity index (χ0) is 27.4. The minimum atomic E-state index is -1.10. The Morgan fingerprint density at radius 3 is 2.16 bits per heavy atom. The van der Waals surface area contributed by atoms with Crippen molar-refractivity contribution in [2.75, 3.05) is 18.8 Å². The molecule has 0 aliphatic carbocycles. The van der Waals surface area contributed by atoms with Crippen LogP contribution >= 0.6 is 12.6 Å². The molecule has 0 bridgehead atoms. The highest BCUT2D eigenvalue weighted by molar-refractivity contribution is 7.80. The summed E-state index contributed by atoms with van der Waals surface area (Å²) in [4.78, 5) is 67.8. The molecular weight excluding hydrogens is 500 g/mol. The van der Waals surface area contributed by atoms with Gasteiger partial charge >= 0.3 is 0 Å². The first kappa shape index (κ1) is 29.4. The number of thiol groups is 1. The van der Waals surface area contributed by atoms with Crippen LogP contribution in [-0.4, -0.2) is 78.5 Å². The van der Waals surface area contributed by atoms with Crippen LogP contribution in [-0.2, 0) is 30.4 Å². The highest BCUT2D eigenvalue weighted by Gasteiger charge is 2.31. The molecule has 0 unspecified atom stereocenters. The van der Waals surface area contributed by atoms with Crippen LogP contribution in [0, 0.1) is 0 Å². The van der Waals surface area contributed by atoms with Gasteiger partial charge in [0, 0.05) is 18.7 Å². The van der Waals surface area contributed by atoms with Crippen molar-refractivity contribution in [3.05, 3.63) is 35.9 Å². The van der Waals surface area contributed by atoms with Gasteiger partial charge in [-0.15, -0.1) is 0 Å². The smallest absolute Gasteiger partial charge is 0.244 e. The fourth-order valence-electron chi connectivity index (χ4n) is 3.52. The third-order valence-electron chi connectivity index (χ3n) is 5.50. The molecule has 9 N–H and O–H groups in total. The maximum Gasteiger partial charge on any atom is 0.244 e. The van der Waals surface area contributed by atoms with E-state index in [9.17, 15) is 24.0 Å². The van der Waals surface area contributed by atoms with Crippen molar-refractivity contribution in [3.63, 3.8) is 0 Å². The van der Waals surface area contributed by atoms with Gasteiger partial charge in [0.25, 0.3) is 0 Å². The fourth-order valence-corrected chi connectivity index (χ4v) is 3.77. The molecule has 1 fully saturated rings. The van der Waals surface area contributed by atoms with Crippen LogP contribution < -0.4 is 38.1 Å². The number of rotatable bonds is 7. The van der Waals surface area contributed by atoms with Gasteiger partial charge < -0.3 is 38.1 Å². The topological polar surface area (TPSA) is 210 Å². The van der Waals surface area contributed by atoms with E-state index < -0.39 is 60.2 Å². The molecule has 37 heavy (non-hydrogen) atoms. The summed E-state index contributed by atoms with van der Waals surface area (Å²) >= 11 is 4.18. The van der Waals surface area contributed by atoms with E-state index in [4.69, 9.17) is 11.5 Å².